The quantitative estimate of drug-likeness (QED) is 0.427. The van der Waals surface area contributed by atoms with Crippen LogP contribution in [0.1, 0.15) is 12.5 Å². The number of anilines is 1. The molecule has 1 unspecified atom stereocenters. The van der Waals surface area contributed by atoms with Crippen molar-refractivity contribution in [2.75, 3.05) is 38.2 Å². The largest absolute Gasteiger partial charge is 0.494 e. The third kappa shape index (κ3) is 6.32. The fraction of sp³-hybridized carbons (Fsp3) is 0.286. The van der Waals surface area contributed by atoms with Crippen molar-refractivity contribution in [3.63, 3.8) is 0 Å². The normalized spacial score (nSPS) is 14.9. The number of ether oxygens (including phenoxy) is 2. The van der Waals surface area contributed by atoms with E-state index in [1.54, 1.807) is 36.4 Å². The second-order valence-electron chi connectivity index (χ2n) is 8.77. The number of benzene rings is 3. The fourth-order valence-electron chi connectivity index (χ4n) is 4.11. The van der Waals surface area contributed by atoms with Crippen molar-refractivity contribution < 1.29 is 27.5 Å². The average molecular weight is 538 g/mol. The molecule has 0 saturated heterocycles. The van der Waals surface area contributed by atoms with Gasteiger partial charge in [0.05, 0.1) is 30.3 Å². The molecule has 1 aliphatic rings. The van der Waals surface area contributed by atoms with Crippen molar-refractivity contribution in [2.45, 2.75) is 24.3 Å². The summed E-state index contributed by atoms with van der Waals surface area (Å²) in [7, 11) is -2.58. The lowest BCUT2D eigenvalue weighted by Crippen LogP contribution is -2.52. The number of hydrogen-bond acceptors (Lipinski definition) is 6. The maximum Gasteiger partial charge on any atom is 0.262 e. The van der Waals surface area contributed by atoms with Gasteiger partial charge in [-0.1, -0.05) is 42.5 Å². The summed E-state index contributed by atoms with van der Waals surface area (Å²) in [4.78, 5) is 27.7. The molecule has 1 atom stereocenters. The van der Waals surface area contributed by atoms with E-state index in [2.05, 4.69) is 5.32 Å². The Kier molecular flexibility index (Phi) is 8.65. The number of sulfonamides is 1. The van der Waals surface area contributed by atoms with Gasteiger partial charge in [0.1, 0.15) is 11.5 Å². The number of likely N-dealkylation sites (N-methyl/N-ethyl adjacent to an activating group) is 1. The third-order valence-electron chi connectivity index (χ3n) is 6.12. The molecule has 2 amide bonds. The lowest BCUT2D eigenvalue weighted by Gasteiger charge is -2.35. The smallest absolute Gasteiger partial charge is 0.262 e. The Bertz CT molecular complexity index is 1360. The number of amides is 2. The molecule has 4 rings (SSSR count). The molecule has 38 heavy (non-hydrogen) atoms. The minimum atomic E-state index is -3.93. The molecule has 3 aromatic carbocycles. The summed E-state index contributed by atoms with van der Waals surface area (Å²) >= 11 is 0. The van der Waals surface area contributed by atoms with Crippen LogP contribution in [0.2, 0.25) is 0 Å². The fourth-order valence-corrected chi connectivity index (χ4v) is 5.23. The zero-order chi connectivity index (χ0) is 27.1. The second-order valence-corrected chi connectivity index (χ2v) is 10.8. The highest BCUT2D eigenvalue weighted by Gasteiger charge is 2.35. The van der Waals surface area contributed by atoms with Crippen LogP contribution >= 0.6 is 0 Å². The van der Waals surface area contributed by atoms with Crippen LogP contribution in [0.3, 0.4) is 0 Å². The minimum absolute atomic E-state index is 0.0377. The summed E-state index contributed by atoms with van der Waals surface area (Å²) in [5.41, 5.74) is 1.58. The Labute approximate surface area is 223 Å². The molecule has 1 N–H and O–H groups in total. The van der Waals surface area contributed by atoms with E-state index in [0.717, 1.165) is 9.87 Å². The summed E-state index contributed by atoms with van der Waals surface area (Å²) in [6.45, 7) is 2.28. The van der Waals surface area contributed by atoms with Crippen LogP contribution < -0.4 is 19.7 Å². The van der Waals surface area contributed by atoms with Gasteiger partial charge in [-0.3, -0.25) is 9.59 Å². The lowest BCUT2D eigenvalue weighted by atomic mass is 10.1. The highest BCUT2D eigenvalue weighted by Crippen LogP contribution is 2.33. The van der Waals surface area contributed by atoms with E-state index in [9.17, 15) is 18.0 Å². The van der Waals surface area contributed by atoms with E-state index in [-0.39, 0.29) is 17.3 Å². The molecule has 0 bridgehead atoms. The van der Waals surface area contributed by atoms with Crippen LogP contribution in [0.25, 0.3) is 0 Å². The minimum Gasteiger partial charge on any atom is -0.494 e. The Balaban J connectivity index is 1.44. The molecule has 0 aliphatic carbocycles. The molecule has 1 heterocycles. The molecule has 1 aliphatic heterocycles. The first-order chi connectivity index (χ1) is 18.3. The van der Waals surface area contributed by atoms with Crippen molar-refractivity contribution in [1.82, 2.24) is 9.62 Å². The standard InChI is InChI=1S/C28H31N3O6S/c1-3-36-22-13-15-23(16-14-22)38(34,35)30(2)20-27(32)31-19-26(37-25-12-8-7-11-24(25)31)28(33)29-18-17-21-9-5-4-6-10-21/h4-16,26H,3,17-20H2,1-2H3,(H,29,33). The monoisotopic (exact) mass is 537 g/mol. The summed E-state index contributed by atoms with van der Waals surface area (Å²) in [6, 6.07) is 22.7. The van der Waals surface area contributed by atoms with E-state index in [1.165, 1.54) is 24.1 Å². The first-order valence-electron chi connectivity index (χ1n) is 12.4. The number of nitrogens with one attached hydrogen (secondary N) is 1. The van der Waals surface area contributed by atoms with E-state index >= 15 is 0 Å². The maximum absolute atomic E-state index is 13.4. The first kappa shape index (κ1) is 27.2. The van der Waals surface area contributed by atoms with Gasteiger partial charge in [0.15, 0.2) is 6.10 Å². The van der Waals surface area contributed by atoms with Gasteiger partial charge >= 0.3 is 0 Å². The van der Waals surface area contributed by atoms with Gasteiger partial charge in [-0.15, -0.1) is 0 Å². The SMILES string of the molecule is CCOc1ccc(S(=O)(=O)N(C)CC(=O)N2CC(C(=O)NCCc3ccccc3)Oc3ccccc32)cc1. The molecule has 10 heteroatoms. The van der Waals surface area contributed by atoms with Gasteiger partial charge in [-0.05, 0) is 55.3 Å². The Hall–Kier alpha value is -3.89. The maximum atomic E-state index is 13.4. The zero-order valence-electron chi connectivity index (χ0n) is 21.4. The number of rotatable bonds is 10. The summed E-state index contributed by atoms with van der Waals surface area (Å²) in [6.07, 6.45) is -0.273. The van der Waals surface area contributed by atoms with Gasteiger partial charge in [0.2, 0.25) is 15.9 Å². The van der Waals surface area contributed by atoms with Crippen molar-refractivity contribution in [3.05, 3.63) is 84.4 Å². The highest BCUT2D eigenvalue weighted by atomic mass is 32.2. The van der Waals surface area contributed by atoms with E-state index in [4.69, 9.17) is 9.47 Å². The molecule has 3 aromatic rings. The van der Waals surface area contributed by atoms with E-state index in [0.29, 0.717) is 36.8 Å². The predicted molar refractivity (Wildman–Crippen MR) is 144 cm³/mol. The Morgan fingerprint density at radius 2 is 1.71 bits per heavy atom. The highest BCUT2D eigenvalue weighted by molar-refractivity contribution is 7.89. The van der Waals surface area contributed by atoms with Crippen molar-refractivity contribution in [3.8, 4) is 11.5 Å². The van der Waals surface area contributed by atoms with E-state index < -0.39 is 28.6 Å². The number of hydrogen-bond donors (Lipinski definition) is 1. The number of carbonyl (C=O) groups excluding carboxylic acids is 2. The number of fused-ring (bicyclic) bond motifs is 1. The second kappa shape index (κ2) is 12.1. The molecule has 0 radical (unpaired) electrons. The molecular formula is C28H31N3O6S. The Morgan fingerprint density at radius 1 is 1.03 bits per heavy atom. The Morgan fingerprint density at radius 3 is 2.42 bits per heavy atom. The van der Waals surface area contributed by atoms with Gasteiger partial charge < -0.3 is 19.7 Å². The van der Waals surface area contributed by atoms with E-state index in [1.807, 2.05) is 37.3 Å². The van der Waals surface area contributed by atoms with Crippen molar-refractivity contribution >= 4 is 27.5 Å². The van der Waals surface area contributed by atoms with Gasteiger partial charge in [-0.25, -0.2) is 8.42 Å². The summed E-state index contributed by atoms with van der Waals surface area (Å²) < 4.78 is 38.5. The van der Waals surface area contributed by atoms with Crippen LogP contribution in [-0.4, -0.2) is 63.9 Å². The lowest BCUT2D eigenvalue weighted by molar-refractivity contribution is -0.128. The van der Waals surface area contributed by atoms with Crippen LogP contribution in [0.15, 0.2) is 83.8 Å². The zero-order valence-corrected chi connectivity index (χ0v) is 22.2. The van der Waals surface area contributed by atoms with Crippen molar-refractivity contribution in [2.24, 2.45) is 0 Å². The van der Waals surface area contributed by atoms with Crippen LogP contribution in [0.4, 0.5) is 5.69 Å². The summed E-state index contributed by atoms with van der Waals surface area (Å²) in [5, 5.41) is 2.87. The van der Waals surface area contributed by atoms with Crippen LogP contribution in [0, 0.1) is 0 Å². The van der Waals surface area contributed by atoms with Crippen molar-refractivity contribution in [1.29, 1.82) is 0 Å². The summed E-state index contributed by atoms with van der Waals surface area (Å²) in [5.74, 6) is 0.124. The average Bonchev–Trinajstić information content (AvgIpc) is 2.93. The van der Waals surface area contributed by atoms with Crippen LogP contribution in [0.5, 0.6) is 11.5 Å². The van der Waals surface area contributed by atoms with Gasteiger partial charge in [0.25, 0.3) is 5.91 Å². The van der Waals surface area contributed by atoms with Crippen LogP contribution in [-0.2, 0) is 26.0 Å². The molecule has 9 nitrogen and oxygen atoms in total. The molecular weight excluding hydrogens is 506 g/mol. The topological polar surface area (TPSA) is 105 Å². The molecule has 0 saturated carbocycles. The number of nitrogens with zero attached hydrogens (tertiary/aromatic N) is 2. The molecule has 0 aromatic heterocycles. The predicted octanol–water partition coefficient (Wildman–Crippen LogP) is 2.86. The number of para-hydroxylation sites is 2. The molecule has 0 spiro atoms. The van der Waals surface area contributed by atoms with Gasteiger partial charge in [0, 0.05) is 13.6 Å². The molecule has 0 fully saturated rings. The van der Waals surface area contributed by atoms with Gasteiger partial charge in [-0.2, -0.15) is 4.31 Å². The molecule has 200 valence electrons. The third-order valence-corrected chi connectivity index (χ3v) is 7.94. The first-order valence-corrected chi connectivity index (χ1v) is 13.8. The number of carbonyl (C=O) groups is 2.